The molecule has 0 aliphatic heterocycles. The van der Waals surface area contributed by atoms with Gasteiger partial charge in [-0.05, 0) is 19.1 Å². The van der Waals surface area contributed by atoms with Gasteiger partial charge in [0.05, 0.1) is 0 Å². The van der Waals surface area contributed by atoms with Gasteiger partial charge < -0.3 is 11.1 Å². The van der Waals surface area contributed by atoms with Crippen molar-refractivity contribution in [3.05, 3.63) is 29.8 Å². The van der Waals surface area contributed by atoms with E-state index in [0.717, 1.165) is 0 Å². The molecular formula is C11H14F2N2O. The van der Waals surface area contributed by atoms with Crippen molar-refractivity contribution in [2.24, 2.45) is 5.73 Å². The van der Waals surface area contributed by atoms with E-state index in [1.54, 1.807) is 19.1 Å². The Morgan fingerprint density at radius 1 is 1.50 bits per heavy atom. The maximum Gasteiger partial charge on any atom is 0.263 e. The van der Waals surface area contributed by atoms with Gasteiger partial charge >= 0.3 is 0 Å². The van der Waals surface area contributed by atoms with Crippen LogP contribution >= 0.6 is 0 Å². The highest BCUT2D eigenvalue weighted by atomic mass is 19.3. The zero-order chi connectivity index (χ0) is 12.1. The monoisotopic (exact) mass is 228 g/mol. The SMILES string of the molecule is CC(CC(N)=O)Nc1cccc(C(F)F)c1. The molecule has 1 rings (SSSR count). The molecule has 3 N–H and O–H groups in total. The Morgan fingerprint density at radius 3 is 2.75 bits per heavy atom. The number of nitrogens with two attached hydrogens (primary N) is 1. The highest BCUT2D eigenvalue weighted by Crippen LogP contribution is 2.22. The number of hydrogen-bond donors (Lipinski definition) is 2. The van der Waals surface area contributed by atoms with Gasteiger partial charge in [-0.25, -0.2) is 8.78 Å². The minimum Gasteiger partial charge on any atom is -0.382 e. The van der Waals surface area contributed by atoms with Gasteiger partial charge in [-0.15, -0.1) is 0 Å². The van der Waals surface area contributed by atoms with Crippen LogP contribution in [0, 0.1) is 0 Å². The van der Waals surface area contributed by atoms with Crippen LogP contribution in [0.4, 0.5) is 14.5 Å². The third kappa shape index (κ3) is 3.84. The molecule has 1 aromatic rings. The molecule has 0 fully saturated rings. The fourth-order valence-electron chi connectivity index (χ4n) is 1.40. The van der Waals surface area contributed by atoms with Crippen LogP contribution in [-0.4, -0.2) is 11.9 Å². The number of benzene rings is 1. The summed E-state index contributed by atoms with van der Waals surface area (Å²) < 4.78 is 24.8. The Labute approximate surface area is 92.6 Å². The quantitative estimate of drug-likeness (QED) is 0.812. The van der Waals surface area contributed by atoms with E-state index in [1.807, 2.05) is 0 Å². The minimum absolute atomic E-state index is 0.0451. The van der Waals surface area contributed by atoms with Crippen molar-refractivity contribution in [3.8, 4) is 0 Å². The smallest absolute Gasteiger partial charge is 0.263 e. The Balaban J connectivity index is 2.66. The molecule has 0 aliphatic carbocycles. The molecule has 1 unspecified atom stereocenters. The van der Waals surface area contributed by atoms with E-state index >= 15 is 0 Å². The molecule has 1 aromatic carbocycles. The van der Waals surface area contributed by atoms with Gasteiger partial charge in [-0.2, -0.15) is 0 Å². The van der Waals surface area contributed by atoms with Crippen LogP contribution in [0.15, 0.2) is 24.3 Å². The van der Waals surface area contributed by atoms with Crippen molar-refractivity contribution in [1.29, 1.82) is 0 Å². The van der Waals surface area contributed by atoms with Gasteiger partial charge in [0, 0.05) is 23.7 Å². The van der Waals surface area contributed by atoms with E-state index in [0.29, 0.717) is 5.69 Å². The molecule has 0 aliphatic rings. The first kappa shape index (κ1) is 12.4. The summed E-state index contributed by atoms with van der Waals surface area (Å²) >= 11 is 0. The number of rotatable bonds is 5. The molecule has 1 atom stereocenters. The summed E-state index contributed by atoms with van der Waals surface area (Å²) in [6.45, 7) is 1.76. The molecule has 5 heteroatoms. The second kappa shape index (κ2) is 5.44. The number of nitrogens with one attached hydrogen (secondary N) is 1. The second-order valence-corrected chi connectivity index (χ2v) is 3.64. The molecule has 3 nitrogen and oxygen atoms in total. The first-order valence-corrected chi connectivity index (χ1v) is 4.92. The van der Waals surface area contributed by atoms with Crippen molar-refractivity contribution in [3.63, 3.8) is 0 Å². The first-order chi connectivity index (χ1) is 7.49. The topological polar surface area (TPSA) is 55.1 Å². The molecule has 0 saturated heterocycles. The van der Waals surface area contributed by atoms with E-state index in [9.17, 15) is 13.6 Å². The minimum atomic E-state index is -2.49. The number of carbonyl (C=O) groups excluding carboxylic acids is 1. The van der Waals surface area contributed by atoms with Crippen LogP contribution in [-0.2, 0) is 4.79 Å². The first-order valence-electron chi connectivity index (χ1n) is 4.92. The van der Waals surface area contributed by atoms with Gasteiger partial charge in [0.2, 0.25) is 5.91 Å². The van der Waals surface area contributed by atoms with E-state index in [-0.39, 0.29) is 18.0 Å². The normalized spacial score (nSPS) is 12.5. The van der Waals surface area contributed by atoms with Crippen molar-refractivity contribution in [2.45, 2.75) is 25.8 Å². The third-order valence-electron chi connectivity index (χ3n) is 2.06. The van der Waals surface area contributed by atoms with Crippen LogP contribution in [0.3, 0.4) is 0 Å². The molecule has 0 bridgehead atoms. The maximum absolute atomic E-state index is 12.4. The van der Waals surface area contributed by atoms with E-state index in [1.165, 1.54) is 12.1 Å². The summed E-state index contributed by atoms with van der Waals surface area (Å²) in [4.78, 5) is 10.6. The molecule has 16 heavy (non-hydrogen) atoms. The lowest BCUT2D eigenvalue weighted by atomic mass is 10.1. The zero-order valence-electron chi connectivity index (χ0n) is 8.91. The lowest BCUT2D eigenvalue weighted by molar-refractivity contribution is -0.118. The summed E-state index contributed by atoms with van der Waals surface area (Å²) in [5.41, 5.74) is 5.54. The highest BCUT2D eigenvalue weighted by molar-refractivity contribution is 5.74. The van der Waals surface area contributed by atoms with Gasteiger partial charge in [0.15, 0.2) is 0 Å². The predicted octanol–water partition coefficient (Wildman–Crippen LogP) is 2.30. The number of anilines is 1. The average Bonchev–Trinajstić information content (AvgIpc) is 2.16. The Morgan fingerprint density at radius 2 is 2.19 bits per heavy atom. The summed E-state index contributed by atoms with van der Waals surface area (Å²) in [6, 6.07) is 5.76. The second-order valence-electron chi connectivity index (χ2n) is 3.64. The summed E-state index contributed by atoms with van der Waals surface area (Å²) in [6.07, 6.45) is -2.33. The number of primary amides is 1. The molecule has 1 amide bonds. The van der Waals surface area contributed by atoms with Gasteiger partial charge in [-0.1, -0.05) is 12.1 Å². The van der Waals surface area contributed by atoms with Gasteiger partial charge in [0.25, 0.3) is 6.43 Å². The molecule has 0 heterocycles. The van der Waals surface area contributed by atoms with Crippen molar-refractivity contribution in [2.75, 3.05) is 5.32 Å². The molecule has 0 spiro atoms. The molecule has 0 radical (unpaired) electrons. The number of hydrogen-bond acceptors (Lipinski definition) is 2. The van der Waals surface area contributed by atoms with Gasteiger partial charge in [-0.3, -0.25) is 4.79 Å². The van der Waals surface area contributed by atoms with Crippen molar-refractivity contribution >= 4 is 11.6 Å². The average molecular weight is 228 g/mol. The predicted molar refractivity (Wildman–Crippen MR) is 58.3 cm³/mol. The molecule has 0 saturated carbocycles. The highest BCUT2D eigenvalue weighted by Gasteiger charge is 2.09. The van der Waals surface area contributed by atoms with Crippen LogP contribution in [0.2, 0.25) is 0 Å². The lowest BCUT2D eigenvalue weighted by Gasteiger charge is -2.14. The van der Waals surface area contributed by atoms with Crippen molar-refractivity contribution < 1.29 is 13.6 Å². The fourth-order valence-corrected chi connectivity index (χ4v) is 1.40. The molecular weight excluding hydrogens is 214 g/mol. The molecule has 88 valence electrons. The number of carbonyl (C=O) groups is 1. The van der Waals surface area contributed by atoms with Crippen LogP contribution in [0.1, 0.15) is 25.3 Å². The van der Waals surface area contributed by atoms with E-state index < -0.39 is 12.3 Å². The largest absolute Gasteiger partial charge is 0.382 e. The van der Waals surface area contributed by atoms with Crippen LogP contribution in [0.5, 0.6) is 0 Å². The van der Waals surface area contributed by atoms with Gasteiger partial charge in [0.1, 0.15) is 0 Å². The Kier molecular flexibility index (Phi) is 4.22. The van der Waals surface area contributed by atoms with Crippen LogP contribution < -0.4 is 11.1 Å². The number of halogens is 2. The summed E-state index contributed by atoms with van der Waals surface area (Å²) in [7, 11) is 0. The number of alkyl halides is 2. The Bertz CT molecular complexity index is 369. The van der Waals surface area contributed by atoms with E-state index in [2.05, 4.69) is 5.32 Å². The lowest BCUT2D eigenvalue weighted by Crippen LogP contribution is -2.23. The van der Waals surface area contributed by atoms with E-state index in [4.69, 9.17) is 5.73 Å². The summed E-state index contributed by atoms with van der Waals surface area (Å²) in [5, 5.41) is 2.93. The maximum atomic E-state index is 12.4. The van der Waals surface area contributed by atoms with Crippen molar-refractivity contribution in [1.82, 2.24) is 0 Å². The Hall–Kier alpha value is -1.65. The molecule has 0 aromatic heterocycles. The summed E-state index contributed by atoms with van der Waals surface area (Å²) in [5.74, 6) is -0.426. The number of amides is 1. The van der Waals surface area contributed by atoms with Crippen LogP contribution in [0.25, 0.3) is 0 Å². The fraction of sp³-hybridized carbons (Fsp3) is 0.364. The zero-order valence-corrected chi connectivity index (χ0v) is 8.91. The standard InChI is InChI=1S/C11H14F2N2O/c1-7(5-10(14)16)15-9-4-2-3-8(6-9)11(12)13/h2-4,6-7,11,15H,5H2,1H3,(H2,14,16). The third-order valence-corrected chi connectivity index (χ3v) is 2.06.